The Morgan fingerprint density at radius 2 is 1.47 bits per heavy atom. The molecule has 1 aromatic carbocycles. The van der Waals surface area contributed by atoms with E-state index >= 15 is 0 Å². The lowest BCUT2D eigenvalue weighted by molar-refractivity contribution is 0.115. The van der Waals surface area contributed by atoms with Gasteiger partial charge in [-0.15, -0.1) is 0 Å². The molecule has 0 aliphatic heterocycles. The van der Waals surface area contributed by atoms with Crippen LogP contribution in [0.25, 0.3) is 0 Å². The van der Waals surface area contributed by atoms with Crippen LogP contribution in [0.1, 0.15) is 30.4 Å². The summed E-state index contributed by atoms with van der Waals surface area (Å²) in [6.07, 6.45) is 4.76. The highest BCUT2D eigenvalue weighted by Crippen LogP contribution is 2.13. The smallest absolute Gasteiger partial charge is 0.0633 e. The van der Waals surface area contributed by atoms with Crippen molar-refractivity contribution < 1.29 is 10.2 Å². The fourth-order valence-electron chi connectivity index (χ4n) is 1.91. The molecule has 3 nitrogen and oxygen atoms in total. The molecule has 0 aromatic heterocycles. The fraction of sp³-hybridized carbons (Fsp3) is 0.600. The van der Waals surface area contributed by atoms with Crippen LogP contribution in [-0.2, 0) is 12.8 Å². The standard InChI is InChI=1S/C15H25NO2S/c16-15(11-17,12-18)9-8-14-6-4-13(5-7-14)3-1-2-10-19/h4-7,17-19H,1-3,8-12,16H2. The van der Waals surface area contributed by atoms with Gasteiger partial charge < -0.3 is 15.9 Å². The topological polar surface area (TPSA) is 66.5 Å². The number of unbranched alkanes of at least 4 members (excludes halogenated alkanes) is 1. The molecule has 0 atom stereocenters. The number of benzene rings is 1. The number of thiol groups is 1. The predicted octanol–water partition coefficient (Wildman–Crippen LogP) is 1.55. The number of aliphatic hydroxyl groups is 2. The minimum absolute atomic E-state index is 0.189. The molecule has 108 valence electrons. The summed E-state index contributed by atoms with van der Waals surface area (Å²) in [7, 11) is 0. The monoisotopic (exact) mass is 283 g/mol. The van der Waals surface area contributed by atoms with E-state index in [4.69, 9.17) is 15.9 Å². The molecule has 19 heavy (non-hydrogen) atoms. The molecule has 0 aliphatic rings. The fourth-order valence-corrected chi connectivity index (χ4v) is 2.14. The summed E-state index contributed by atoms with van der Waals surface area (Å²) in [5, 5.41) is 18.3. The van der Waals surface area contributed by atoms with E-state index in [0.717, 1.165) is 25.0 Å². The summed E-state index contributed by atoms with van der Waals surface area (Å²) in [5.41, 5.74) is 7.51. The van der Waals surface area contributed by atoms with Crippen molar-refractivity contribution in [3.8, 4) is 0 Å². The van der Waals surface area contributed by atoms with Crippen molar-refractivity contribution in [1.29, 1.82) is 0 Å². The second kappa shape index (κ2) is 8.59. The van der Waals surface area contributed by atoms with Gasteiger partial charge in [0.1, 0.15) is 0 Å². The first-order valence-corrected chi connectivity index (χ1v) is 7.46. The highest BCUT2D eigenvalue weighted by atomic mass is 32.1. The molecule has 1 rings (SSSR count). The van der Waals surface area contributed by atoms with Crippen LogP contribution in [0.5, 0.6) is 0 Å². The normalized spacial score (nSPS) is 11.8. The van der Waals surface area contributed by atoms with Gasteiger partial charge in [-0.3, -0.25) is 0 Å². The van der Waals surface area contributed by atoms with Gasteiger partial charge in [-0.05, 0) is 49.0 Å². The summed E-state index contributed by atoms with van der Waals surface area (Å²) in [4.78, 5) is 0. The minimum atomic E-state index is -0.870. The molecule has 0 fully saturated rings. The molecule has 0 spiro atoms. The lowest BCUT2D eigenvalue weighted by Crippen LogP contribution is -2.47. The molecule has 0 bridgehead atoms. The van der Waals surface area contributed by atoms with E-state index in [9.17, 15) is 0 Å². The van der Waals surface area contributed by atoms with Gasteiger partial charge in [0.15, 0.2) is 0 Å². The third-order valence-electron chi connectivity index (χ3n) is 3.44. The predicted molar refractivity (Wildman–Crippen MR) is 82.6 cm³/mol. The van der Waals surface area contributed by atoms with Crippen molar-refractivity contribution >= 4 is 12.6 Å². The quantitative estimate of drug-likeness (QED) is 0.411. The molecular weight excluding hydrogens is 258 g/mol. The lowest BCUT2D eigenvalue weighted by Gasteiger charge is -2.24. The Balaban J connectivity index is 2.43. The van der Waals surface area contributed by atoms with Gasteiger partial charge >= 0.3 is 0 Å². The van der Waals surface area contributed by atoms with Crippen LogP contribution in [0.4, 0.5) is 0 Å². The van der Waals surface area contributed by atoms with Crippen LogP contribution in [0.3, 0.4) is 0 Å². The molecule has 0 aliphatic carbocycles. The highest BCUT2D eigenvalue weighted by Gasteiger charge is 2.22. The van der Waals surface area contributed by atoms with Crippen molar-refractivity contribution in [2.75, 3.05) is 19.0 Å². The van der Waals surface area contributed by atoms with Crippen LogP contribution >= 0.6 is 12.6 Å². The molecule has 0 amide bonds. The lowest BCUT2D eigenvalue weighted by atomic mass is 9.93. The Hall–Kier alpha value is -0.550. The summed E-state index contributed by atoms with van der Waals surface area (Å²) < 4.78 is 0. The number of nitrogens with two attached hydrogens (primary N) is 1. The molecule has 0 radical (unpaired) electrons. The summed E-state index contributed by atoms with van der Waals surface area (Å²) in [5.74, 6) is 0.943. The van der Waals surface area contributed by atoms with Gasteiger partial charge in [-0.2, -0.15) is 12.6 Å². The van der Waals surface area contributed by atoms with Crippen LogP contribution in [0.15, 0.2) is 24.3 Å². The van der Waals surface area contributed by atoms with Gasteiger partial charge in [0.25, 0.3) is 0 Å². The largest absolute Gasteiger partial charge is 0.394 e. The van der Waals surface area contributed by atoms with Gasteiger partial charge in [0, 0.05) is 0 Å². The van der Waals surface area contributed by atoms with Crippen LogP contribution < -0.4 is 5.73 Å². The molecule has 0 saturated heterocycles. The number of hydrogen-bond donors (Lipinski definition) is 4. The molecule has 4 N–H and O–H groups in total. The zero-order valence-electron chi connectivity index (χ0n) is 11.4. The van der Waals surface area contributed by atoms with Crippen molar-refractivity contribution in [2.24, 2.45) is 5.73 Å². The maximum atomic E-state index is 9.14. The Morgan fingerprint density at radius 1 is 0.947 bits per heavy atom. The van der Waals surface area contributed by atoms with Crippen LogP contribution in [0, 0.1) is 0 Å². The van der Waals surface area contributed by atoms with Crippen molar-refractivity contribution in [3.63, 3.8) is 0 Å². The first kappa shape index (κ1) is 16.5. The molecule has 1 aromatic rings. The highest BCUT2D eigenvalue weighted by molar-refractivity contribution is 7.80. The Kier molecular flexibility index (Phi) is 7.46. The van der Waals surface area contributed by atoms with E-state index in [1.54, 1.807) is 0 Å². The van der Waals surface area contributed by atoms with E-state index in [0.29, 0.717) is 6.42 Å². The zero-order valence-corrected chi connectivity index (χ0v) is 12.3. The SMILES string of the molecule is NC(CO)(CO)CCc1ccc(CCCCS)cc1. The average molecular weight is 283 g/mol. The van der Waals surface area contributed by atoms with Gasteiger partial charge in [-0.1, -0.05) is 24.3 Å². The summed E-state index contributed by atoms with van der Waals surface area (Å²) in [6.45, 7) is -0.378. The van der Waals surface area contributed by atoms with Crippen molar-refractivity contribution in [1.82, 2.24) is 0 Å². The van der Waals surface area contributed by atoms with Gasteiger partial charge in [0.2, 0.25) is 0 Å². The molecule has 0 unspecified atom stereocenters. The first-order chi connectivity index (χ1) is 9.13. The minimum Gasteiger partial charge on any atom is -0.394 e. The third-order valence-corrected chi connectivity index (χ3v) is 3.75. The van der Waals surface area contributed by atoms with Gasteiger partial charge in [0.05, 0.1) is 18.8 Å². The third kappa shape index (κ3) is 5.95. The van der Waals surface area contributed by atoms with Crippen LogP contribution in [0.2, 0.25) is 0 Å². The molecule has 0 saturated carbocycles. The van der Waals surface area contributed by atoms with E-state index in [1.807, 2.05) is 0 Å². The molecular formula is C15H25NO2S. The first-order valence-electron chi connectivity index (χ1n) is 6.83. The number of aryl methyl sites for hydroxylation is 2. The van der Waals surface area contributed by atoms with E-state index in [1.165, 1.54) is 17.5 Å². The summed E-state index contributed by atoms with van der Waals surface area (Å²) in [6, 6.07) is 8.49. The van der Waals surface area contributed by atoms with Gasteiger partial charge in [-0.25, -0.2) is 0 Å². The molecule has 4 heteroatoms. The number of hydrogen-bond acceptors (Lipinski definition) is 4. The maximum Gasteiger partial charge on any atom is 0.0633 e. The Morgan fingerprint density at radius 3 is 1.95 bits per heavy atom. The molecule has 0 heterocycles. The number of rotatable bonds is 9. The second-order valence-corrected chi connectivity index (χ2v) is 5.62. The van der Waals surface area contributed by atoms with Crippen molar-refractivity contribution in [2.45, 2.75) is 37.6 Å². The van der Waals surface area contributed by atoms with Crippen molar-refractivity contribution in [3.05, 3.63) is 35.4 Å². The van der Waals surface area contributed by atoms with E-state index < -0.39 is 5.54 Å². The number of aliphatic hydroxyl groups excluding tert-OH is 2. The second-order valence-electron chi connectivity index (χ2n) is 5.18. The Labute approximate surface area is 121 Å². The maximum absolute atomic E-state index is 9.14. The van der Waals surface area contributed by atoms with E-state index in [-0.39, 0.29) is 13.2 Å². The van der Waals surface area contributed by atoms with E-state index in [2.05, 4.69) is 36.9 Å². The van der Waals surface area contributed by atoms with Crippen LogP contribution in [-0.4, -0.2) is 34.7 Å². The zero-order chi connectivity index (χ0) is 14.1. The average Bonchev–Trinajstić information content (AvgIpc) is 2.46. The Bertz CT molecular complexity index is 350. The summed E-state index contributed by atoms with van der Waals surface area (Å²) >= 11 is 4.20.